The van der Waals surface area contributed by atoms with E-state index in [4.69, 9.17) is 38.9 Å². The van der Waals surface area contributed by atoms with Crippen LogP contribution in [0.5, 0.6) is 11.5 Å². The predicted octanol–water partition coefficient (Wildman–Crippen LogP) is 4.96. The number of nitrogens with one attached hydrogen (secondary N) is 1. The van der Waals surface area contributed by atoms with Crippen molar-refractivity contribution in [2.24, 2.45) is 41.9 Å². The Morgan fingerprint density at radius 1 is 1.05 bits per heavy atom. The lowest BCUT2D eigenvalue weighted by Gasteiger charge is -2.33. The third-order valence-corrected chi connectivity index (χ3v) is 10.6. The molecule has 7 unspecified atom stereocenters. The number of hydrogen-bond donors (Lipinski definition) is 2. The van der Waals surface area contributed by atoms with Crippen molar-refractivity contribution in [3.8, 4) is 11.5 Å². The molecular weight excluding hydrogens is 710 g/mol. The van der Waals surface area contributed by atoms with E-state index in [1.54, 1.807) is 46.1 Å². The Morgan fingerprint density at radius 2 is 1.80 bits per heavy atom. The molecule has 2 aromatic rings. The van der Waals surface area contributed by atoms with Crippen molar-refractivity contribution in [2.45, 2.75) is 105 Å². The summed E-state index contributed by atoms with van der Waals surface area (Å²) in [4.78, 5) is 45.4. The van der Waals surface area contributed by atoms with Crippen LogP contribution in [0.3, 0.4) is 0 Å². The smallest absolute Gasteiger partial charge is 0.414 e. The van der Waals surface area contributed by atoms with Gasteiger partial charge in [0.05, 0.1) is 31.3 Å². The molecule has 1 aromatic heterocycles. The van der Waals surface area contributed by atoms with E-state index in [1.165, 1.54) is 0 Å². The Labute approximate surface area is 325 Å². The van der Waals surface area contributed by atoms with Crippen LogP contribution in [0.2, 0.25) is 0 Å². The molecule has 2 fully saturated rings. The number of rotatable bonds is 22. The zero-order valence-corrected chi connectivity index (χ0v) is 34.2. The Bertz CT molecular complexity index is 1560. The first-order valence-corrected chi connectivity index (χ1v) is 19.3. The highest BCUT2D eigenvalue weighted by Crippen LogP contribution is 2.40. The number of nitrogens with zero attached hydrogens (tertiary/aromatic N) is 3. The molecule has 0 radical (unpaired) electrons. The van der Waals surface area contributed by atoms with E-state index < -0.39 is 48.1 Å². The molecule has 2 aliphatic rings. The maximum Gasteiger partial charge on any atom is 0.414 e. The van der Waals surface area contributed by atoms with Gasteiger partial charge in [0.15, 0.2) is 23.9 Å². The van der Waals surface area contributed by atoms with Crippen molar-refractivity contribution < 1.29 is 47.5 Å². The van der Waals surface area contributed by atoms with Gasteiger partial charge in [0.2, 0.25) is 18.1 Å². The van der Waals surface area contributed by atoms with Crippen LogP contribution < -0.4 is 20.5 Å². The largest absolute Gasteiger partial charge is 0.493 e. The van der Waals surface area contributed by atoms with Crippen LogP contribution >= 0.6 is 0 Å². The van der Waals surface area contributed by atoms with Crippen LogP contribution in [-0.4, -0.2) is 97.8 Å². The fraction of sp³-hybridized carbons (Fsp3) is 0.700. The molecule has 15 heteroatoms. The number of imidazole rings is 1. The molecule has 3 amide bonds. The van der Waals surface area contributed by atoms with E-state index >= 15 is 0 Å². The molecule has 1 aromatic carbocycles. The highest BCUT2D eigenvalue weighted by Gasteiger charge is 2.47. The lowest BCUT2D eigenvalue weighted by atomic mass is 9.80. The lowest BCUT2D eigenvalue weighted by Crippen LogP contribution is -2.47. The summed E-state index contributed by atoms with van der Waals surface area (Å²) in [7, 11) is 5.16. The van der Waals surface area contributed by atoms with Gasteiger partial charge >= 0.3 is 6.09 Å². The molecule has 2 aliphatic heterocycles. The number of hydrogen-bond acceptors (Lipinski definition) is 11. The fourth-order valence-electron chi connectivity index (χ4n) is 6.75. The van der Waals surface area contributed by atoms with E-state index in [9.17, 15) is 14.4 Å². The monoisotopic (exact) mass is 773 g/mol. The number of epoxide rings is 1. The van der Waals surface area contributed by atoms with Gasteiger partial charge in [0.1, 0.15) is 12.6 Å². The maximum atomic E-state index is 13.9. The highest BCUT2D eigenvalue weighted by molar-refractivity contribution is 5.83. The summed E-state index contributed by atoms with van der Waals surface area (Å²) in [6, 6.07) is 5.55. The number of ether oxygens (including phenoxy) is 7. The van der Waals surface area contributed by atoms with Gasteiger partial charge in [0.25, 0.3) is 0 Å². The van der Waals surface area contributed by atoms with E-state index in [1.807, 2.05) is 49.9 Å². The molecule has 308 valence electrons. The molecule has 3 N–H and O–H groups in total. The van der Waals surface area contributed by atoms with E-state index in [0.29, 0.717) is 44.0 Å². The van der Waals surface area contributed by atoms with Crippen LogP contribution in [0.25, 0.3) is 0 Å². The minimum Gasteiger partial charge on any atom is -0.493 e. The number of benzene rings is 1. The number of nitrogens with two attached hydrogens (primary N) is 1. The van der Waals surface area contributed by atoms with Gasteiger partial charge in [-0.1, -0.05) is 33.8 Å². The van der Waals surface area contributed by atoms with Gasteiger partial charge < -0.3 is 48.8 Å². The van der Waals surface area contributed by atoms with Gasteiger partial charge in [-0.3, -0.25) is 14.5 Å². The van der Waals surface area contributed by atoms with Crippen LogP contribution in [0.1, 0.15) is 85.2 Å². The Morgan fingerprint density at radius 3 is 2.42 bits per heavy atom. The van der Waals surface area contributed by atoms with E-state index in [0.717, 1.165) is 17.8 Å². The molecular formula is C40H63N5O10. The summed E-state index contributed by atoms with van der Waals surface area (Å²) >= 11 is 0. The van der Waals surface area contributed by atoms with Gasteiger partial charge in [-0.25, -0.2) is 9.78 Å². The standard InChI is InChI=1S/C40H63N5O10/c1-24(2)28(18-27-12-13-31(50-10)33(19-27)51-17-11-16-49-9)20-30-32(21-29(25(3)4)36(46)43-22-40(6,7)38(41)47)52-23-45(30)39(48)54-26(5)53-37-34(55-37)35-42-14-15-44(35)8/h12-15,19,24-26,28-30,32,34,37H,11,16-18,20-23H2,1-10H3,(H2,41,47)(H,43,46). The summed E-state index contributed by atoms with van der Waals surface area (Å²) in [5.74, 6) is 1.16. The van der Waals surface area contributed by atoms with Crippen molar-refractivity contribution in [2.75, 3.05) is 40.7 Å². The van der Waals surface area contributed by atoms with Crippen LogP contribution in [-0.2, 0) is 46.7 Å². The predicted molar refractivity (Wildman–Crippen MR) is 204 cm³/mol. The number of aromatic nitrogens is 2. The van der Waals surface area contributed by atoms with Crippen LogP contribution in [0.4, 0.5) is 4.79 Å². The quantitative estimate of drug-likeness (QED) is 0.0939. The number of aryl methyl sites for hydroxylation is 1. The second-order valence-electron chi connectivity index (χ2n) is 16.0. The third kappa shape index (κ3) is 12.0. The summed E-state index contributed by atoms with van der Waals surface area (Å²) in [5, 5.41) is 2.94. The summed E-state index contributed by atoms with van der Waals surface area (Å²) in [5.41, 5.74) is 5.73. The first-order valence-electron chi connectivity index (χ1n) is 19.3. The van der Waals surface area contributed by atoms with E-state index in [-0.39, 0.29) is 43.0 Å². The Balaban J connectivity index is 1.53. The molecule has 2 saturated heterocycles. The molecule has 0 saturated carbocycles. The third-order valence-electron chi connectivity index (χ3n) is 10.6. The second-order valence-corrected chi connectivity index (χ2v) is 16.0. The topological polar surface area (TPSA) is 178 Å². The van der Waals surface area contributed by atoms with E-state index in [2.05, 4.69) is 24.1 Å². The zero-order chi connectivity index (χ0) is 40.4. The van der Waals surface area contributed by atoms with Gasteiger partial charge in [0, 0.05) is 52.0 Å². The zero-order valence-electron chi connectivity index (χ0n) is 34.2. The fourth-order valence-corrected chi connectivity index (χ4v) is 6.75. The summed E-state index contributed by atoms with van der Waals surface area (Å²) < 4.78 is 42.4. The minimum absolute atomic E-state index is 0.00926. The molecule has 55 heavy (non-hydrogen) atoms. The molecule has 0 bridgehead atoms. The maximum absolute atomic E-state index is 13.9. The first-order chi connectivity index (χ1) is 26.1. The first kappa shape index (κ1) is 43.8. The van der Waals surface area contributed by atoms with Crippen molar-refractivity contribution in [3.63, 3.8) is 0 Å². The number of amides is 3. The molecule has 15 nitrogen and oxygen atoms in total. The number of methoxy groups -OCH3 is 2. The SMILES string of the molecule is COCCCOc1cc(CC(CC2C(CC(C(=O)NCC(C)(C)C(N)=O)C(C)C)OCN2C(=O)OC(C)OC2OC2c2nccn2C)C(C)C)ccc1OC. The van der Waals surface area contributed by atoms with Crippen molar-refractivity contribution >= 4 is 17.9 Å². The molecule has 0 spiro atoms. The van der Waals surface area contributed by atoms with Crippen molar-refractivity contribution in [1.82, 2.24) is 19.8 Å². The molecule has 7 atom stereocenters. The summed E-state index contributed by atoms with van der Waals surface area (Å²) in [6.45, 7) is 14.5. The average molecular weight is 774 g/mol. The van der Waals surface area contributed by atoms with Crippen LogP contribution in [0.15, 0.2) is 30.6 Å². The van der Waals surface area contributed by atoms with Crippen molar-refractivity contribution in [3.05, 3.63) is 42.0 Å². The minimum atomic E-state index is -0.910. The normalized spacial score (nSPS) is 21.3. The van der Waals surface area contributed by atoms with Gasteiger partial charge in [-0.05, 0) is 75.5 Å². The Kier molecular flexibility index (Phi) is 15.8. The molecule has 3 heterocycles. The number of carbonyl (C=O) groups excluding carboxylic acids is 3. The lowest BCUT2D eigenvalue weighted by molar-refractivity contribution is -0.131. The average Bonchev–Trinajstić information content (AvgIpc) is 3.53. The molecule has 4 rings (SSSR count). The second kappa shape index (κ2) is 19.8. The van der Waals surface area contributed by atoms with Crippen molar-refractivity contribution in [1.29, 1.82) is 0 Å². The number of primary amides is 1. The Hall–Kier alpha value is -3.92. The summed E-state index contributed by atoms with van der Waals surface area (Å²) in [6.07, 6.45) is 3.00. The highest BCUT2D eigenvalue weighted by atomic mass is 16.8. The molecule has 0 aliphatic carbocycles. The van der Waals surface area contributed by atoms with Crippen LogP contribution in [0, 0.1) is 29.1 Å². The number of carbonyl (C=O) groups is 3. The van der Waals surface area contributed by atoms with Gasteiger partial charge in [-0.15, -0.1) is 0 Å². The van der Waals surface area contributed by atoms with Gasteiger partial charge in [-0.2, -0.15) is 0 Å².